The van der Waals surface area contributed by atoms with Crippen LogP contribution >= 0.6 is 0 Å². The number of hydrogen-bond acceptors (Lipinski definition) is 1. The number of carboxylic acid groups (broad SMARTS) is 1. The van der Waals surface area contributed by atoms with Crippen LogP contribution in [0.2, 0.25) is 0 Å². The third kappa shape index (κ3) is 9.99. The minimum absolute atomic E-state index is 0. The predicted molar refractivity (Wildman–Crippen MR) is 45.5 cm³/mol. The molecule has 12 heavy (non-hydrogen) atoms. The fourth-order valence-corrected chi connectivity index (χ4v) is 1.42. The van der Waals surface area contributed by atoms with Crippen molar-refractivity contribution in [2.45, 2.75) is 40.5 Å². The van der Waals surface area contributed by atoms with E-state index in [4.69, 9.17) is 5.11 Å². The Morgan fingerprint density at radius 2 is 1.83 bits per heavy atom. The number of carboxylic acids is 1. The first-order valence-electron chi connectivity index (χ1n) is 4.03. The van der Waals surface area contributed by atoms with E-state index in [9.17, 15) is 4.79 Å². The number of carbonyl (C=O) groups is 1. The van der Waals surface area contributed by atoms with Gasteiger partial charge in [-0.05, 0) is 17.8 Å². The van der Waals surface area contributed by atoms with Crippen LogP contribution in [-0.4, -0.2) is 11.1 Å². The molecule has 0 saturated carbocycles. The smallest absolute Gasteiger partial charge is 0.303 e. The largest absolute Gasteiger partial charge is 0.481 e. The Kier molecular flexibility index (Phi) is 6.78. The maximum atomic E-state index is 10.3. The van der Waals surface area contributed by atoms with Gasteiger partial charge in [0.05, 0.1) is 0 Å². The van der Waals surface area contributed by atoms with Crippen LogP contribution in [0.15, 0.2) is 0 Å². The van der Waals surface area contributed by atoms with E-state index in [0.717, 1.165) is 6.42 Å². The molecule has 0 amide bonds. The molecule has 0 aromatic rings. The van der Waals surface area contributed by atoms with Gasteiger partial charge in [-0.25, -0.2) is 0 Å². The van der Waals surface area contributed by atoms with Crippen molar-refractivity contribution in [1.29, 1.82) is 0 Å². The summed E-state index contributed by atoms with van der Waals surface area (Å²) in [6.45, 7) is 8.38. The zero-order valence-corrected chi connectivity index (χ0v) is 9.30. The first-order chi connectivity index (χ1) is 4.81. The Balaban J connectivity index is 0. The zero-order chi connectivity index (χ0) is 9.07. The molecule has 0 bridgehead atoms. The van der Waals surface area contributed by atoms with Crippen LogP contribution < -0.4 is 0 Å². The van der Waals surface area contributed by atoms with Crippen LogP contribution in [0.1, 0.15) is 40.5 Å². The van der Waals surface area contributed by atoms with Crippen LogP contribution in [-0.2, 0) is 21.9 Å². The van der Waals surface area contributed by atoms with Gasteiger partial charge in [0, 0.05) is 23.5 Å². The third-order valence-corrected chi connectivity index (χ3v) is 1.48. The van der Waals surface area contributed by atoms with E-state index in [2.05, 4.69) is 20.8 Å². The summed E-state index contributed by atoms with van der Waals surface area (Å²) in [5.74, 6) is -0.408. The van der Waals surface area contributed by atoms with E-state index in [1.165, 1.54) is 0 Å². The Morgan fingerprint density at radius 3 is 2.08 bits per heavy atom. The minimum atomic E-state index is -0.693. The molecule has 1 unspecified atom stereocenters. The summed E-state index contributed by atoms with van der Waals surface area (Å²) in [5.41, 5.74) is 0.245. The van der Waals surface area contributed by atoms with Crippen LogP contribution in [0.4, 0.5) is 0 Å². The second-order valence-electron chi connectivity index (χ2n) is 4.47. The van der Waals surface area contributed by atoms with Crippen molar-refractivity contribution in [1.82, 2.24) is 0 Å². The van der Waals surface area contributed by atoms with E-state index < -0.39 is 5.97 Å². The molecule has 0 aliphatic carbocycles. The van der Waals surface area contributed by atoms with Crippen LogP contribution in [0.3, 0.4) is 0 Å². The Labute approximate surface area is 85.2 Å². The summed E-state index contributed by atoms with van der Waals surface area (Å²) < 4.78 is 0. The number of rotatable bonds is 3. The van der Waals surface area contributed by atoms with Gasteiger partial charge < -0.3 is 5.11 Å². The van der Waals surface area contributed by atoms with Crippen LogP contribution in [0.25, 0.3) is 0 Å². The van der Waals surface area contributed by atoms with Crippen LogP contribution in [0, 0.1) is 11.3 Å². The molecule has 0 heterocycles. The van der Waals surface area contributed by atoms with Crippen molar-refractivity contribution in [3.05, 3.63) is 0 Å². The number of aliphatic carboxylic acids is 1. The average molecular weight is 214 g/mol. The van der Waals surface area contributed by atoms with E-state index in [0.29, 0.717) is 0 Å². The average Bonchev–Trinajstić information content (AvgIpc) is 1.53. The fourth-order valence-electron chi connectivity index (χ4n) is 1.42. The summed E-state index contributed by atoms with van der Waals surface area (Å²) in [7, 11) is 0. The van der Waals surface area contributed by atoms with Gasteiger partial charge in [0.25, 0.3) is 0 Å². The van der Waals surface area contributed by atoms with Gasteiger partial charge in [-0.1, -0.05) is 27.7 Å². The van der Waals surface area contributed by atoms with Gasteiger partial charge in [0.15, 0.2) is 0 Å². The van der Waals surface area contributed by atoms with Crippen molar-refractivity contribution >= 4 is 5.97 Å². The van der Waals surface area contributed by atoms with Crippen molar-refractivity contribution in [3.8, 4) is 0 Å². The van der Waals surface area contributed by atoms with Crippen molar-refractivity contribution in [3.63, 3.8) is 0 Å². The van der Waals surface area contributed by atoms with Crippen LogP contribution in [0.5, 0.6) is 0 Å². The van der Waals surface area contributed by atoms with E-state index >= 15 is 0 Å². The molecule has 0 radical (unpaired) electrons. The molecule has 0 spiro atoms. The molecular formula is C9H18FeO2. The Morgan fingerprint density at radius 1 is 1.42 bits per heavy atom. The van der Waals surface area contributed by atoms with Crippen molar-refractivity contribution in [2.24, 2.45) is 11.3 Å². The van der Waals surface area contributed by atoms with Crippen molar-refractivity contribution < 1.29 is 27.0 Å². The SMILES string of the molecule is CC(CC(=O)O)CC(C)(C)C.[Fe]. The molecule has 0 aliphatic heterocycles. The molecule has 0 saturated heterocycles. The third-order valence-electron chi connectivity index (χ3n) is 1.48. The van der Waals surface area contributed by atoms with Gasteiger partial charge in [-0.3, -0.25) is 4.79 Å². The van der Waals surface area contributed by atoms with E-state index in [-0.39, 0.29) is 34.8 Å². The Hall–Kier alpha value is -0.0105. The van der Waals surface area contributed by atoms with Gasteiger partial charge in [0.1, 0.15) is 0 Å². The maximum Gasteiger partial charge on any atom is 0.303 e. The summed E-state index contributed by atoms with van der Waals surface area (Å²) in [6, 6.07) is 0. The summed E-state index contributed by atoms with van der Waals surface area (Å²) in [4.78, 5) is 10.3. The quantitative estimate of drug-likeness (QED) is 0.733. The van der Waals surface area contributed by atoms with Gasteiger partial charge in [-0.2, -0.15) is 0 Å². The zero-order valence-electron chi connectivity index (χ0n) is 8.20. The first-order valence-corrected chi connectivity index (χ1v) is 4.03. The summed E-state index contributed by atoms with van der Waals surface area (Å²) in [5, 5.41) is 8.48. The molecule has 74 valence electrons. The summed E-state index contributed by atoms with van der Waals surface area (Å²) >= 11 is 0. The fraction of sp³-hybridized carbons (Fsp3) is 0.889. The topological polar surface area (TPSA) is 37.3 Å². The molecule has 3 heteroatoms. The van der Waals surface area contributed by atoms with E-state index in [1.807, 2.05) is 6.92 Å². The first kappa shape index (κ1) is 14.5. The molecule has 0 aromatic carbocycles. The second kappa shape index (κ2) is 5.60. The van der Waals surface area contributed by atoms with Gasteiger partial charge >= 0.3 is 5.97 Å². The molecular weight excluding hydrogens is 196 g/mol. The Bertz CT molecular complexity index is 138. The van der Waals surface area contributed by atoms with E-state index in [1.54, 1.807) is 0 Å². The molecule has 0 fully saturated rings. The molecule has 0 aromatic heterocycles. The molecule has 0 rings (SSSR count). The number of hydrogen-bond donors (Lipinski definition) is 1. The molecule has 1 N–H and O–H groups in total. The molecule has 1 atom stereocenters. The minimum Gasteiger partial charge on any atom is -0.481 e. The monoisotopic (exact) mass is 214 g/mol. The van der Waals surface area contributed by atoms with Crippen molar-refractivity contribution in [2.75, 3.05) is 0 Å². The molecule has 0 aliphatic rings. The van der Waals surface area contributed by atoms with Gasteiger partial charge in [0.2, 0.25) is 0 Å². The predicted octanol–water partition coefficient (Wildman–Crippen LogP) is 2.53. The van der Waals surface area contributed by atoms with Gasteiger partial charge in [-0.15, -0.1) is 0 Å². The molecule has 2 nitrogen and oxygen atoms in total. The second-order valence-corrected chi connectivity index (χ2v) is 4.47. The standard InChI is InChI=1S/C9H18O2.Fe/c1-7(5-8(10)11)6-9(2,3)4;/h7H,5-6H2,1-4H3,(H,10,11);. The summed E-state index contributed by atoms with van der Waals surface area (Å²) in [6.07, 6.45) is 1.26. The normalized spacial score (nSPS) is 13.3. The maximum absolute atomic E-state index is 10.3.